The van der Waals surface area contributed by atoms with Crippen molar-refractivity contribution in [3.8, 4) is 11.1 Å². The molecule has 34 heavy (non-hydrogen) atoms. The third-order valence-electron chi connectivity index (χ3n) is 6.96. The lowest BCUT2D eigenvalue weighted by molar-refractivity contribution is 0.498. The van der Waals surface area contributed by atoms with Crippen LogP contribution in [0.25, 0.3) is 22.2 Å². The zero-order chi connectivity index (χ0) is 23.9. The molecule has 2 N–H and O–H groups in total. The molecule has 172 valence electrons. The van der Waals surface area contributed by atoms with E-state index in [-0.39, 0.29) is 5.41 Å². The number of hydrogen-bond acceptors (Lipinski definition) is 3. The molecule has 6 nitrogen and oxygen atoms in total. The second-order valence-corrected chi connectivity index (χ2v) is 9.70. The van der Waals surface area contributed by atoms with Crippen molar-refractivity contribution in [2.45, 2.75) is 39.0 Å². The molecule has 4 heterocycles. The van der Waals surface area contributed by atoms with E-state index in [4.69, 9.17) is 10.4 Å². The fourth-order valence-corrected chi connectivity index (χ4v) is 4.93. The number of allylic oxidation sites excluding steroid dienone is 2. The maximum Gasteiger partial charge on any atom is 0.137 e. The second kappa shape index (κ2) is 8.52. The molecule has 0 fully saturated rings. The highest BCUT2D eigenvalue weighted by atomic mass is 15.2. The highest BCUT2D eigenvalue weighted by Crippen LogP contribution is 2.39. The van der Waals surface area contributed by atoms with Gasteiger partial charge in [0.15, 0.2) is 0 Å². The lowest BCUT2D eigenvalue weighted by Crippen LogP contribution is -2.27. The summed E-state index contributed by atoms with van der Waals surface area (Å²) >= 11 is 0. The zero-order valence-electron chi connectivity index (χ0n) is 20.1. The minimum Gasteiger partial charge on any atom is -0.345 e. The monoisotopic (exact) mass is 450 g/mol. The number of nitrogens with zero attached hydrogens (tertiary/aromatic N) is 4. The number of aromatic amines is 1. The molecule has 3 aromatic heterocycles. The predicted octanol–water partition coefficient (Wildman–Crippen LogP) is 6.06. The van der Waals surface area contributed by atoms with Crippen LogP contribution in [0.4, 0.5) is 0 Å². The topological polar surface area (TPSA) is 82.7 Å². The van der Waals surface area contributed by atoms with Gasteiger partial charge in [-0.25, -0.2) is 9.98 Å². The molecule has 0 saturated carbocycles. The van der Waals surface area contributed by atoms with Gasteiger partial charge in [0.1, 0.15) is 11.5 Å². The molecule has 1 aliphatic heterocycles. The number of benzene rings is 1. The summed E-state index contributed by atoms with van der Waals surface area (Å²) in [5, 5.41) is 13.8. The summed E-state index contributed by atoms with van der Waals surface area (Å²) in [7, 11) is 1.91. The smallest absolute Gasteiger partial charge is 0.137 e. The Kier molecular flexibility index (Phi) is 5.52. The van der Waals surface area contributed by atoms with Gasteiger partial charge in [-0.15, -0.1) is 0 Å². The molecule has 4 aromatic rings. The Balaban J connectivity index is 1.66. The quantitative estimate of drug-likeness (QED) is 0.396. The lowest BCUT2D eigenvalue weighted by Gasteiger charge is -2.34. The normalized spacial score (nSPS) is 18.8. The van der Waals surface area contributed by atoms with Crippen molar-refractivity contribution >= 4 is 22.6 Å². The van der Waals surface area contributed by atoms with Gasteiger partial charge in [-0.2, -0.15) is 5.10 Å². The van der Waals surface area contributed by atoms with Crippen LogP contribution in [0.3, 0.4) is 0 Å². The van der Waals surface area contributed by atoms with Crippen molar-refractivity contribution in [2.75, 3.05) is 0 Å². The SMILES string of the molecule is CC1CCC(=N)N=C(c2c[nH]c3ncc(-c4cnn(C)c4)cc23)/C=C\1C(C)(C)c1ccccc1. The summed E-state index contributed by atoms with van der Waals surface area (Å²) in [4.78, 5) is 12.7. The first-order valence-corrected chi connectivity index (χ1v) is 11.7. The van der Waals surface area contributed by atoms with Gasteiger partial charge in [-0.1, -0.05) is 56.7 Å². The Morgan fingerprint density at radius 3 is 2.65 bits per heavy atom. The fourth-order valence-electron chi connectivity index (χ4n) is 4.93. The molecular formula is C28H30N6. The van der Waals surface area contributed by atoms with Gasteiger partial charge in [0.25, 0.3) is 0 Å². The van der Waals surface area contributed by atoms with Gasteiger partial charge in [-0.05, 0) is 30.0 Å². The molecule has 6 heteroatoms. The molecule has 0 aliphatic carbocycles. The van der Waals surface area contributed by atoms with Crippen LogP contribution in [-0.2, 0) is 12.5 Å². The van der Waals surface area contributed by atoms with E-state index in [0.29, 0.717) is 18.2 Å². The summed E-state index contributed by atoms with van der Waals surface area (Å²) in [6, 6.07) is 12.8. The van der Waals surface area contributed by atoms with Crippen molar-refractivity contribution in [1.82, 2.24) is 19.7 Å². The summed E-state index contributed by atoms with van der Waals surface area (Å²) in [6.07, 6.45) is 11.5. The molecular weight excluding hydrogens is 420 g/mol. The molecule has 1 aromatic carbocycles. The number of hydrogen-bond donors (Lipinski definition) is 2. The number of pyridine rings is 1. The summed E-state index contributed by atoms with van der Waals surface area (Å²) < 4.78 is 1.79. The largest absolute Gasteiger partial charge is 0.345 e. The zero-order valence-corrected chi connectivity index (χ0v) is 20.1. The first kappa shape index (κ1) is 22.0. The summed E-state index contributed by atoms with van der Waals surface area (Å²) in [6.45, 7) is 6.84. The van der Waals surface area contributed by atoms with E-state index < -0.39 is 0 Å². The van der Waals surface area contributed by atoms with Crippen LogP contribution >= 0.6 is 0 Å². The number of fused-ring (bicyclic) bond motifs is 1. The Labute approximate surface area is 200 Å². The molecule has 0 saturated heterocycles. The first-order chi connectivity index (χ1) is 16.3. The van der Waals surface area contributed by atoms with Crippen molar-refractivity contribution in [2.24, 2.45) is 18.0 Å². The van der Waals surface area contributed by atoms with E-state index in [0.717, 1.165) is 39.9 Å². The number of aliphatic imine (C=N–C) groups is 1. The first-order valence-electron chi connectivity index (χ1n) is 11.7. The van der Waals surface area contributed by atoms with Gasteiger partial charge in [0.2, 0.25) is 0 Å². The van der Waals surface area contributed by atoms with Gasteiger partial charge < -0.3 is 4.98 Å². The van der Waals surface area contributed by atoms with Crippen LogP contribution in [0.2, 0.25) is 0 Å². The number of rotatable bonds is 4. The average molecular weight is 451 g/mol. The molecule has 0 spiro atoms. The molecule has 0 amide bonds. The molecule has 1 aliphatic rings. The molecule has 5 rings (SSSR count). The Morgan fingerprint density at radius 1 is 1.12 bits per heavy atom. The molecule has 1 atom stereocenters. The summed E-state index contributed by atoms with van der Waals surface area (Å²) in [5.41, 5.74) is 7.06. The van der Waals surface area contributed by atoms with Crippen molar-refractivity contribution < 1.29 is 0 Å². The lowest BCUT2D eigenvalue weighted by atomic mass is 9.71. The van der Waals surface area contributed by atoms with Crippen molar-refractivity contribution in [3.05, 3.63) is 84.0 Å². The Bertz CT molecular complexity index is 1420. The van der Waals surface area contributed by atoms with Gasteiger partial charge in [0, 0.05) is 59.6 Å². The minimum atomic E-state index is -0.161. The van der Waals surface area contributed by atoms with Crippen LogP contribution in [0.15, 0.2) is 77.8 Å². The van der Waals surface area contributed by atoms with Crippen LogP contribution in [0.1, 0.15) is 44.7 Å². The van der Waals surface area contributed by atoms with Gasteiger partial charge >= 0.3 is 0 Å². The standard InChI is InChI=1S/C28H30N6/c1-18-10-11-26(29)33-25(13-24(18)28(2,3)21-8-6-5-7-9-21)23-16-31-27-22(23)12-19(14-30-27)20-15-32-34(4)17-20/h5-9,12-18,29H,10-11H2,1-4H3,(H,30,31)/b24-13+,29-26?,33-25?. The average Bonchev–Trinajstić information content (AvgIpc) is 3.45. The number of aromatic nitrogens is 4. The fraction of sp³-hybridized carbons (Fsp3) is 0.286. The van der Waals surface area contributed by atoms with E-state index in [1.165, 1.54) is 11.1 Å². The number of aryl methyl sites for hydroxylation is 1. The van der Waals surface area contributed by atoms with E-state index in [2.05, 4.69) is 78.3 Å². The van der Waals surface area contributed by atoms with Crippen molar-refractivity contribution in [3.63, 3.8) is 0 Å². The van der Waals surface area contributed by atoms with Crippen LogP contribution in [0.5, 0.6) is 0 Å². The highest BCUT2D eigenvalue weighted by Gasteiger charge is 2.31. The Morgan fingerprint density at radius 2 is 1.91 bits per heavy atom. The van der Waals surface area contributed by atoms with Gasteiger partial charge in [0.05, 0.1) is 11.9 Å². The minimum absolute atomic E-state index is 0.161. The maximum atomic E-state index is 8.47. The van der Waals surface area contributed by atoms with E-state index in [9.17, 15) is 0 Å². The second-order valence-electron chi connectivity index (χ2n) is 9.70. The molecule has 0 radical (unpaired) electrons. The number of nitrogens with one attached hydrogen (secondary N) is 2. The van der Waals surface area contributed by atoms with Crippen LogP contribution < -0.4 is 0 Å². The van der Waals surface area contributed by atoms with Crippen molar-refractivity contribution in [1.29, 1.82) is 5.41 Å². The predicted molar refractivity (Wildman–Crippen MR) is 139 cm³/mol. The van der Waals surface area contributed by atoms with Gasteiger partial charge in [-0.3, -0.25) is 10.1 Å². The van der Waals surface area contributed by atoms with E-state index in [1.807, 2.05) is 31.8 Å². The summed E-state index contributed by atoms with van der Waals surface area (Å²) in [5.74, 6) is 0.746. The van der Waals surface area contributed by atoms with Crippen LogP contribution in [0, 0.1) is 11.3 Å². The third-order valence-corrected chi connectivity index (χ3v) is 6.96. The Hall–Kier alpha value is -3.80. The molecule has 1 unspecified atom stereocenters. The van der Waals surface area contributed by atoms with Crippen LogP contribution in [-0.4, -0.2) is 31.3 Å². The maximum absolute atomic E-state index is 8.47. The number of H-pyrrole nitrogens is 1. The molecule has 0 bridgehead atoms. The third kappa shape index (κ3) is 4.00. The van der Waals surface area contributed by atoms with E-state index >= 15 is 0 Å². The van der Waals surface area contributed by atoms with E-state index in [1.54, 1.807) is 4.68 Å². The highest BCUT2D eigenvalue weighted by molar-refractivity contribution is 6.20. The number of amidine groups is 1.